The van der Waals surface area contributed by atoms with Gasteiger partial charge in [-0.2, -0.15) is 0 Å². The number of likely N-dealkylation sites (tertiary alicyclic amines) is 2. The summed E-state index contributed by atoms with van der Waals surface area (Å²) in [6.07, 6.45) is 4.95. The zero-order valence-corrected chi connectivity index (χ0v) is 13.6. The molecular weight excluding hydrogens is 280 g/mol. The van der Waals surface area contributed by atoms with Gasteiger partial charge >= 0.3 is 0 Å². The van der Waals surface area contributed by atoms with Crippen molar-refractivity contribution in [2.45, 2.75) is 50.0 Å². The Morgan fingerprint density at radius 3 is 1.18 bits per heavy atom. The molecule has 0 aromatic rings. The van der Waals surface area contributed by atoms with Gasteiger partial charge in [-0.05, 0) is 51.9 Å². The van der Waals surface area contributed by atoms with Gasteiger partial charge in [0.05, 0.1) is 12.2 Å². The molecule has 0 aliphatic carbocycles. The number of rotatable bonds is 2. The molecular formula is C16H32N4O2. The van der Waals surface area contributed by atoms with Crippen molar-refractivity contribution in [2.75, 3.05) is 52.4 Å². The van der Waals surface area contributed by atoms with Crippen LogP contribution in [0, 0.1) is 0 Å². The molecule has 4 heterocycles. The molecule has 6 nitrogen and oxygen atoms in total. The minimum absolute atomic E-state index is 0.0371. The number of aliphatic hydroxyl groups is 2. The first-order chi connectivity index (χ1) is 10.7. The van der Waals surface area contributed by atoms with Gasteiger partial charge in [-0.25, -0.2) is 0 Å². The lowest BCUT2D eigenvalue weighted by Gasteiger charge is -2.43. The van der Waals surface area contributed by atoms with Crippen LogP contribution in [0.15, 0.2) is 0 Å². The molecule has 0 saturated carbocycles. The van der Waals surface area contributed by atoms with Gasteiger partial charge in [0.2, 0.25) is 0 Å². The highest BCUT2D eigenvalue weighted by Crippen LogP contribution is 2.19. The van der Waals surface area contributed by atoms with Crippen LogP contribution in [-0.2, 0) is 0 Å². The largest absolute Gasteiger partial charge is 0.390 e. The molecule has 4 saturated heterocycles. The lowest BCUT2D eigenvalue weighted by molar-refractivity contribution is -0.0315. The lowest BCUT2D eigenvalue weighted by atomic mass is 10.00. The minimum Gasteiger partial charge on any atom is -0.390 e. The Morgan fingerprint density at radius 2 is 0.909 bits per heavy atom. The van der Waals surface area contributed by atoms with E-state index in [0.29, 0.717) is 0 Å². The number of aliphatic hydroxyl groups excluding tert-OH is 2. The highest BCUT2D eigenvalue weighted by atomic mass is 16.3. The van der Waals surface area contributed by atoms with E-state index in [1.165, 1.54) is 25.7 Å². The van der Waals surface area contributed by atoms with Crippen molar-refractivity contribution in [2.24, 2.45) is 0 Å². The molecule has 0 aromatic heterocycles. The zero-order valence-electron chi connectivity index (χ0n) is 13.6. The molecule has 0 aromatic carbocycles. The third-order valence-electron chi connectivity index (χ3n) is 5.43. The van der Waals surface area contributed by atoms with E-state index in [9.17, 15) is 0 Å². The molecule has 0 amide bonds. The van der Waals surface area contributed by atoms with E-state index in [0.717, 1.165) is 64.4 Å². The van der Waals surface area contributed by atoms with Crippen LogP contribution in [0.1, 0.15) is 25.7 Å². The van der Waals surface area contributed by atoms with Crippen LogP contribution in [0.25, 0.3) is 0 Å². The van der Waals surface area contributed by atoms with Gasteiger partial charge in [0.25, 0.3) is 0 Å². The smallest absolute Gasteiger partial charge is 0.0794 e. The monoisotopic (exact) mass is 312 g/mol. The predicted octanol–water partition coefficient (Wildman–Crippen LogP) is -1.17. The maximum Gasteiger partial charge on any atom is 0.0794 e. The van der Waals surface area contributed by atoms with E-state index in [-0.39, 0.29) is 12.2 Å². The Bertz CT molecular complexity index is 288. The summed E-state index contributed by atoms with van der Waals surface area (Å²) >= 11 is 0. The summed E-state index contributed by atoms with van der Waals surface area (Å²) in [4.78, 5) is 4.79. The van der Waals surface area contributed by atoms with Gasteiger partial charge in [0.15, 0.2) is 0 Å². The van der Waals surface area contributed by atoms with E-state index >= 15 is 0 Å². The van der Waals surface area contributed by atoms with Crippen molar-refractivity contribution < 1.29 is 10.2 Å². The van der Waals surface area contributed by atoms with Gasteiger partial charge in [0.1, 0.15) is 0 Å². The van der Waals surface area contributed by atoms with E-state index in [1.807, 2.05) is 0 Å². The van der Waals surface area contributed by atoms with Crippen LogP contribution in [0.4, 0.5) is 0 Å². The topological polar surface area (TPSA) is 71.0 Å². The molecule has 4 fully saturated rings. The van der Waals surface area contributed by atoms with Gasteiger partial charge in [-0.15, -0.1) is 0 Å². The first kappa shape index (κ1) is 16.6. The predicted molar refractivity (Wildman–Crippen MR) is 86.9 cm³/mol. The second kappa shape index (κ2) is 8.04. The minimum atomic E-state index is -0.0371. The maximum atomic E-state index is 9.09. The number of hydrogen-bond acceptors (Lipinski definition) is 6. The lowest BCUT2D eigenvalue weighted by Crippen LogP contribution is -2.57. The van der Waals surface area contributed by atoms with Crippen molar-refractivity contribution >= 4 is 0 Å². The van der Waals surface area contributed by atoms with Crippen molar-refractivity contribution in [3.05, 3.63) is 0 Å². The molecule has 0 radical (unpaired) electrons. The second-order valence-corrected chi connectivity index (χ2v) is 7.18. The van der Waals surface area contributed by atoms with E-state index in [2.05, 4.69) is 20.4 Å². The first-order valence-electron chi connectivity index (χ1n) is 8.98. The maximum absolute atomic E-state index is 9.09. The third-order valence-corrected chi connectivity index (χ3v) is 5.43. The average Bonchev–Trinajstić information content (AvgIpc) is 2.51. The molecule has 6 heteroatoms. The summed E-state index contributed by atoms with van der Waals surface area (Å²) < 4.78 is 0. The van der Waals surface area contributed by atoms with Crippen molar-refractivity contribution in [1.82, 2.24) is 20.4 Å². The fourth-order valence-corrected chi connectivity index (χ4v) is 3.92. The molecule has 128 valence electrons. The van der Waals surface area contributed by atoms with Crippen molar-refractivity contribution in [3.8, 4) is 0 Å². The first-order valence-corrected chi connectivity index (χ1v) is 8.98. The van der Waals surface area contributed by atoms with Gasteiger partial charge in [0, 0.05) is 38.3 Å². The summed E-state index contributed by atoms with van der Waals surface area (Å²) in [5.74, 6) is 0. The molecule has 22 heavy (non-hydrogen) atoms. The van der Waals surface area contributed by atoms with E-state index in [1.54, 1.807) is 0 Å². The summed E-state index contributed by atoms with van der Waals surface area (Å²) in [6, 6.07) is 1.50. The standard InChI is InChI=1S/2C8H16N2O/c2*11-8-5-10(6-8)7-1-3-9-4-2-7/h2*7-9,11H,1-6H2. The number of nitrogens with one attached hydrogen (secondary N) is 2. The fourth-order valence-electron chi connectivity index (χ4n) is 3.92. The number of hydrogen-bond donors (Lipinski definition) is 4. The summed E-state index contributed by atoms with van der Waals surface area (Å²) in [5.41, 5.74) is 0. The van der Waals surface area contributed by atoms with Crippen LogP contribution >= 0.6 is 0 Å². The fraction of sp³-hybridized carbons (Fsp3) is 1.00. The molecule has 4 aliphatic rings. The highest BCUT2D eigenvalue weighted by molar-refractivity contribution is 4.88. The Hall–Kier alpha value is -0.240. The highest BCUT2D eigenvalue weighted by Gasteiger charge is 2.31. The van der Waals surface area contributed by atoms with Crippen LogP contribution in [-0.4, -0.2) is 96.7 Å². The number of nitrogens with zero attached hydrogens (tertiary/aromatic N) is 2. The molecule has 0 spiro atoms. The number of β-amino-alcohol motifs (C(OH)–C–C–N with tert-alkyl or cyclic N) is 2. The third kappa shape index (κ3) is 4.40. The van der Waals surface area contributed by atoms with Crippen molar-refractivity contribution in [1.29, 1.82) is 0 Å². The normalized spacial score (nSPS) is 30.3. The number of piperidine rings is 2. The average molecular weight is 312 g/mol. The van der Waals surface area contributed by atoms with E-state index in [4.69, 9.17) is 10.2 Å². The molecule has 4 aliphatic heterocycles. The van der Waals surface area contributed by atoms with Gasteiger partial charge in [-0.1, -0.05) is 0 Å². The van der Waals surface area contributed by atoms with Crippen LogP contribution in [0.5, 0.6) is 0 Å². The van der Waals surface area contributed by atoms with Crippen LogP contribution < -0.4 is 10.6 Å². The molecule has 0 atom stereocenters. The quantitative estimate of drug-likeness (QED) is 0.515. The SMILES string of the molecule is OC1CN(C2CCNCC2)C1.OC1CN(C2CCNCC2)C1. The summed E-state index contributed by atoms with van der Waals surface area (Å²) in [6.45, 7) is 8.23. The Morgan fingerprint density at radius 1 is 0.591 bits per heavy atom. The van der Waals surface area contributed by atoms with Crippen molar-refractivity contribution in [3.63, 3.8) is 0 Å². The summed E-state index contributed by atoms with van der Waals surface area (Å²) in [5, 5.41) is 24.9. The molecule has 0 unspecified atom stereocenters. The van der Waals surface area contributed by atoms with Gasteiger partial charge in [-0.3, -0.25) is 9.80 Å². The van der Waals surface area contributed by atoms with Gasteiger partial charge < -0.3 is 20.8 Å². The summed E-state index contributed by atoms with van der Waals surface area (Å²) in [7, 11) is 0. The zero-order chi connectivity index (χ0) is 15.4. The Labute approximate surface area is 133 Å². The van der Waals surface area contributed by atoms with Crippen LogP contribution in [0.3, 0.4) is 0 Å². The second-order valence-electron chi connectivity index (χ2n) is 7.18. The molecule has 4 rings (SSSR count). The van der Waals surface area contributed by atoms with E-state index < -0.39 is 0 Å². The van der Waals surface area contributed by atoms with Crippen LogP contribution in [0.2, 0.25) is 0 Å². The molecule has 4 N–H and O–H groups in total. The molecule has 0 bridgehead atoms. The Kier molecular flexibility index (Phi) is 6.07. The Balaban J connectivity index is 0.000000131.